The zero-order chi connectivity index (χ0) is 11.5. The fourth-order valence-corrected chi connectivity index (χ4v) is 3.43. The Bertz CT molecular complexity index is 345. The van der Waals surface area contributed by atoms with E-state index in [2.05, 4.69) is 9.88 Å². The molecule has 5 heteroatoms. The highest BCUT2D eigenvalue weighted by molar-refractivity contribution is 7.16. The maximum absolute atomic E-state index is 6.13. The molecule has 2 heterocycles. The summed E-state index contributed by atoms with van der Waals surface area (Å²) < 4.78 is 0. The third-order valence-electron chi connectivity index (χ3n) is 2.77. The molecular weight excluding hydrogens is 242 g/mol. The van der Waals surface area contributed by atoms with Gasteiger partial charge in [0.1, 0.15) is 5.15 Å². The maximum Gasteiger partial charge on any atom is 0.187 e. The van der Waals surface area contributed by atoms with E-state index < -0.39 is 0 Å². The Hall–Kier alpha value is -0.320. The Morgan fingerprint density at radius 3 is 2.75 bits per heavy atom. The lowest BCUT2D eigenvalue weighted by Gasteiger charge is -2.25. The SMILES string of the molecule is CC(N)Cc1sc(N2CCCCC2)nc1Cl. The van der Waals surface area contributed by atoms with Crippen molar-refractivity contribution in [1.29, 1.82) is 0 Å². The largest absolute Gasteiger partial charge is 0.348 e. The first-order valence-electron chi connectivity index (χ1n) is 5.82. The van der Waals surface area contributed by atoms with E-state index in [0.29, 0.717) is 5.15 Å². The molecule has 3 nitrogen and oxygen atoms in total. The van der Waals surface area contributed by atoms with Crippen LogP contribution < -0.4 is 10.6 Å². The Morgan fingerprint density at radius 1 is 1.44 bits per heavy atom. The minimum absolute atomic E-state index is 0.146. The van der Waals surface area contributed by atoms with E-state index in [4.69, 9.17) is 17.3 Å². The van der Waals surface area contributed by atoms with E-state index >= 15 is 0 Å². The molecular formula is C11H18ClN3S. The number of anilines is 1. The average molecular weight is 260 g/mol. The third-order valence-corrected chi connectivity index (χ3v) is 4.34. The van der Waals surface area contributed by atoms with Gasteiger partial charge >= 0.3 is 0 Å². The van der Waals surface area contributed by atoms with Crippen LogP contribution in [0.4, 0.5) is 5.13 Å². The van der Waals surface area contributed by atoms with E-state index in [-0.39, 0.29) is 6.04 Å². The summed E-state index contributed by atoms with van der Waals surface area (Å²) >= 11 is 7.82. The van der Waals surface area contributed by atoms with Crippen molar-refractivity contribution in [2.24, 2.45) is 5.73 Å². The summed E-state index contributed by atoms with van der Waals surface area (Å²) in [6, 6.07) is 0.146. The summed E-state index contributed by atoms with van der Waals surface area (Å²) in [5, 5.41) is 1.71. The molecule has 2 rings (SSSR count). The van der Waals surface area contributed by atoms with Crippen LogP contribution >= 0.6 is 22.9 Å². The van der Waals surface area contributed by atoms with Gasteiger partial charge in [0.2, 0.25) is 0 Å². The molecule has 1 saturated heterocycles. The van der Waals surface area contributed by atoms with E-state index in [1.807, 2.05) is 6.92 Å². The Kier molecular flexibility index (Phi) is 4.05. The van der Waals surface area contributed by atoms with Gasteiger partial charge in [-0.2, -0.15) is 0 Å². The first-order chi connectivity index (χ1) is 7.66. The van der Waals surface area contributed by atoms with Crippen molar-refractivity contribution in [3.8, 4) is 0 Å². The smallest absolute Gasteiger partial charge is 0.187 e. The third kappa shape index (κ3) is 2.87. The number of hydrogen-bond donors (Lipinski definition) is 1. The molecule has 1 fully saturated rings. The van der Waals surface area contributed by atoms with Crippen LogP contribution in [0.3, 0.4) is 0 Å². The van der Waals surface area contributed by atoms with Crippen LogP contribution in [0.25, 0.3) is 0 Å². The molecule has 2 N–H and O–H groups in total. The molecule has 1 unspecified atom stereocenters. The summed E-state index contributed by atoms with van der Waals surface area (Å²) in [5.41, 5.74) is 5.79. The normalized spacial score (nSPS) is 18.8. The van der Waals surface area contributed by atoms with Crippen LogP contribution in [-0.2, 0) is 6.42 Å². The highest BCUT2D eigenvalue weighted by Gasteiger charge is 2.17. The number of piperidine rings is 1. The van der Waals surface area contributed by atoms with Crippen LogP contribution in [0.1, 0.15) is 31.1 Å². The fourth-order valence-electron chi connectivity index (χ4n) is 1.96. The van der Waals surface area contributed by atoms with Gasteiger partial charge < -0.3 is 10.6 Å². The van der Waals surface area contributed by atoms with Crippen LogP contribution in [-0.4, -0.2) is 24.1 Å². The highest BCUT2D eigenvalue weighted by Crippen LogP contribution is 2.31. The van der Waals surface area contributed by atoms with E-state index in [1.54, 1.807) is 11.3 Å². The summed E-state index contributed by atoms with van der Waals surface area (Å²) in [5.74, 6) is 0. The molecule has 1 aliphatic rings. The maximum atomic E-state index is 6.13. The van der Waals surface area contributed by atoms with Gasteiger partial charge in [0.15, 0.2) is 5.13 Å². The minimum Gasteiger partial charge on any atom is -0.348 e. The first kappa shape index (κ1) is 12.1. The Morgan fingerprint density at radius 2 is 2.12 bits per heavy atom. The predicted octanol–water partition coefficient (Wildman–Crippen LogP) is 2.68. The minimum atomic E-state index is 0.146. The van der Waals surface area contributed by atoms with E-state index in [1.165, 1.54) is 19.3 Å². The van der Waals surface area contributed by atoms with Crippen molar-refractivity contribution in [3.05, 3.63) is 10.0 Å². The van der Waals surface area contributed by atoms with Crippen molar-refractivity contribution < 1.29 is 0 Å². The van der Waals surface area contributed by atoms with Crippen LogP contribution in [0.5, 0.6) is 0 Å². The molecule has 0 aromatic carbocycles. The van der Waals surface area contributed by atoms with Crippen molar-refractivity contribution in [3.63, 3.8) is 0 Å². The van der Waals surface area contributed by atoms with Gasteiger partial charge in [-0.25, -0.2) is 4.98 Å². The molecule has 1 aromatic heterocycles. The standard InChI is InChI=1S/C11H18ClN3S/c1-8(13)7-9-10(12)14-11(16-9)15-5-3-2-4-6-15/h8H,2-7,13H2,1H3. The predicted molar refractivity (Wildman–Crippen MR) is 70.5 cm³/mol. The van der Waals surface area contributed by atoms with E-state index in [0.717, 1.165) is 29.5 Å². The second kappa shape index (κ2) is 5.34. The van der Waals surface area contributed by atoms with Gasteiger partial charge in [0, 0.05) is 24.0 Å². The van der Waals surface area contributed by atoms with Crippen molar-refractivity contribution in [1.82, 2.24) is 4.98 Å². The lowest BCUT2D eigenvalue weighted by atomic mass is 10.1. The molecule has 16 heavy (non-hydrogen) atoms. The summed E-state index contributed by atoms with van der Waals surface area (Å²) in [7, 11) is 0. The molecule has 1 atom stereocenters. The van der Waals surface area contributed by atoms with E-state index in [9.17, 15) is 0 Å². The number of nitrogens with zero attached hydrogens (tertiary/aromatic N) is 2. The van der Waals surface area contributed by atoms with Gasteiger partial charge in [-0.3, -0.25) is 0 Å². The van der Waals surface area contributed by atoms with Gasteiger partial charge in [-0.05, 0) is 32.6 Å². The van der Waals surface area contributed by atoms with Gasteiger partial charge in [0.25, 0.3) is 0 Å². The Balaban J connectivity index is 2.09. The number of hydrogen-bond acceptors (Lipinski definition) is 4. The summed E-state index contributed by atoms with van der Waals surface area (Å²) in [6.07, 6.45) is 4.69. The summed E-state index contributed by atoms with van der Waals surface area (Å²) in [4.78, 5) is 7.90. The quantitative estimate of drug-likeness (QED) is 0.908. The zero-order valence-electron chi connectivity index (χ0n) is 9.58. The van der Waals surface area contributed by atoms with Crippen molar-refractivity contribution in [2.45, 2.75) is 38.6 Å². The molecule has 0 amide bonds. The number of nitrogens with two attached hydrogens (primary N) is 1. The number of thiazole rings is 1. The lowest BCUT2D eigenvalue weighted by Crippen LogP contribution is -2.29. The monoisotopic (exact) mass is 259 g/mol. The lowest BCUT2D eigenvalue weighted by molar-refractivity contribution is 0.577. The zero-order valence-corrected chi connectivity index (χ0v) is 11.2. The molecule has 0 bridgehead atoms. The van der Waals surface area contributed by atoms with Crippen molar-refractivity contribution in [2.75, 3.05) is 18.0 Å². The van der Waals surface area contributed by atoms with Crippen LogP contribution in [0.2, 0.25) is 5.15 Å². The van der Waals surface area contributed by atoms with Gasteiger partial charge in [-0.15, -0.1) is 11.3 Å². The number of rotatable bonds is 3. The average Bonchev–Trinajstić information content (AvgIpc) is 2.61. The van der Waals surface area contributed by atoms with Crippen LogP contribution in [0.15, 0.2) is 0 Å². The number of halogens is 1. The second-order valence-corrected chi connectivity index (χ2v) is 5.86. The molecule has 0 aliphatic carbocycles. The molecule has 1 aromatic rings. The molecule has 1 aliphatic heterocycles. The number of aromatic nitrogens is 1. The molecule has 0 radical (unpaired) electrons. The first-order valence-corrected chi connectivity index (χ1v) is 7.02. The summed E-state index contributed by atoms with van der Waals surface area (Å²) in [6.45, 7) is 4.22. The van der Waals surface area contributed by atoms with Crippen molar-refractivity contribution >= 4 is 28.1 Å². The second-order valence-electron chi connectivity index (χ2n) is 4.44. The van der Waals surface area contributed by atoms with Gasteiger partial charge in [-0.1, -0.05) is 11.6 Å². The topological polar surface area (TPSA) is 42.1 Å². The van der Waals surface area contributed by atoms with Crippen LogP contribution in [0, 0.1) is 0 Å². The van der Waals surface area contributed by atoms with Gasteiger partial charge in [0.05, 0.1) is 0 Å². The Labute approximate surface area is 106 Å². The molecule has 0 spiro atoms. The fraction of sp³-hybridized carbons (Fsp3) is 0.727. The molecule has 90 valence electrons. The molecule has 0 saturated carbocycles. The highest BCUT2D eigenvalue weighted by atomic mass is 35.5.